The Labute approximate surface area is 131 Å². The van der Waals surface area contributed by atoms with E-state index >= 15 is 0 Å². The first kappa shape index (κ1) is 17.3. The van der Waals surface area contributed by atoms with E-state index in [0.717, 1.165) is 31.5 Å². The fourth-order valence-corrected chi connectivity index (χ4v) is 2.68. The number of halogens is 4. The molecule has 0 aromatic heterocycles. The Hall–Kier alpha value is -0.720. The molecule has 1 aliphatic heterocycles. The summed E-state index contributed by atoms with van der Waals surface area (Å²) in [6.07, 6.45) is 1.52. The van der Waals surface area contributed by atoms with E-state index in [1.165, 1.54) is 0 Å². The van der Waals surface area contributed by atoms with Gasteiger partial charge in [0.15, 0.2) is 0 Å². The molecule has 2 rings (SSSR count). The van der Waals surface area contributed by atoms with Crippen molar-refractivity contribution in [3.63, 3.8) is 0 Å². The molecule has 1 fully saturated rings. The van der Waals surface area contributed by atoms with Crippen LogP contribution >= 0.6 is 28.3 Å². The lowest BCUT2D eigenvalue weighted by Gasteiger charge is -2.28. The molecule has 1 aromatic carbocycles. The minimum atomic E-state index is -0.855. The van der Waals surface area contributed by atoms with Crippen molar-refractivity contribution in [2.75, 3.05) is 6.54 Å². The number of carbonyl (C=O) groups excluding carboxylic acids is 1. The van der Waals surface area contributed by atoms with E-state index in [1.807, 2.05) is 6.92 Å². The van der Waals surface area contributed by atoms with Crippen LogP contribution in [0.1, 0.15) is 30.1 Å². The molecular formula is C13H16BrClF2N2O. The van der Waals surface area contributed by atoms with Crippen molar-refractivity contribution in [3.8, 4) is 0 Å². The molecule has 1 aliphatic rings. The third kappa shape index (κ3) is 4.14. The zero-order chi connectivity index (χ0) is 14.0. The van der Waals surface area contributed by atoms with Crippen LogP contribution < -0.4 is 10.6 Å². The Morgan fingerprint density at radius 2 is 2.00 bits per heavy atom. The summed E-state index contributed by atoms with van der Waals surface area (Å²) in [5.41, 5.74) is -0.519. The summed E-state index contributed by atoms with van der Waals surface area (Å²) in [5.74, 6) is -2.40. The predicted octanol–water partition coefficient (Wildman–Crippen LogP) is 3.02. The Bertz CT molecular complexity index is 478. The van der Waals surface area contributed by atoms with Gasteiger partial charge in [0.1, 0.15) is 17.2 Å². The van der Waals surface area contributed by atoms with E-state index in [1.54, 1.807) is 0 Å². The summed E-state index contributed by atoms with van der Waals surface area (Å²) in [4.78, 5) is 11.9. The van der Waals surface area contributed by atoms with Crippen LogP contribution in [0, 0.1) is 11.6 Å². The van der Waals surface area contributed by atoms with Gasteiger partial charge in [0.25, 0.3) is 5.91 Å². The van der Waals surface area contributed by atoms with Crippen LogP contribution in [-0.4, -0.2) is 24.5 Å². The molecule has 7 heteroatoms. The average Bonchev–Trinajstić information content (AvgIpc) is 2.27. The summed E-state index contributed by atoms with van der Waals surface area (Å²) in [6.45, 7) is 2.80. The van der Waals surface area contributed by atoms with Crippen LogP contribution in [0.5, 0.6) is 0 Å². The fraction of sp³-hybridized carbons (Fsp3) is 0.462. The zero-order valence-corrected chi connectivity index (χ0v) is 13.3. The molecule has 3 nitrogen and oxygen atoms in total. The largest absolute Gasteiger partial charge is 0.349 e. The van der Waals surface area contributed by atoms with Crippen LogP contribution in [-0.2, 0) is 0 Å². The molecule has 2 N–H and O–H groups in total. The van der Waals surface area contributed by atoms with Crippen LogP contribution in [0.3, 0.4) is 0 Å². The van der Waals surface area contributed by atoms with E-state index < -0.39 is 23.1 Å². The van der Waals surface area contributed by atoms with E-state index in [0.29, 0.717) is 6.04 Å². The SMILES string of the molecule is CC1CC(NC(=O)c2c(F)cc(Br)cc2F)CCN1.Cl. The van der Waals surface area contributed by atoms with E-state index in [9.17, 15) is 13.6 Å². The van der Waals surface area contributed by atoms with Gasteiger partial charge >= 0.3 is 0 Å². The number of rotatable bonds is 2. The molecule has 2 unspecified atom stereocenters. The zero-order valence-electron chi connectivity index (χ0n) is 10.9. The summed E-state index contributed by atoms with van der Waals surface area (Å²) in [6, 6.07) is 2.41. The van der Waals surface area contributed by atoms with Gasteiger partial charge in [-0.15, -0.1) is 12.4 Å². The number of nitrogens with one attached hydrogen (secondary N) is 2. The highest BCUT2D eigenvalue weighted by Gasteiger charge is 2.24. The molecule has 112 valence electrons. The Morgan fingerprint density at radius 1 is 1.40 bits per heavy atom. The highest BCUT2D eigenvalue weighted by atomic mass is 79.9. The second kappa shape index (κ2) is 7.33. The summed E-state index contributed by atoms with van der Waals surface area (Å²) in [7, 11) is 0. The van der Waals surface area contributed by atoms with Gasteiger partial charge in [-0.05, 0) is 38.4 Å². The van der Waals surface area contributed by atoms with Gasteiger partial charge < -0.3 is 10.6 Å². The lowest BCUT2D eigenvalue weighted by Crippen LogP contribution is -2.46. The van der Waals surface area contributed by atoms with Crippen molar-refractivity contribution in [2.45, 2.75) is 31.8 Å². The first-order valence-corrected chi connectivity index (χ1v) is 6.95. The van der Waals surface area contributed by atoms with Gasteiger partial charge in [-0.2, -0.15) is 0 Å². The molecule has 0 bridgehead atoms. The molecule has 0 saturated carbocycles. The molecule has 20 heavy (non-hydrogen) atoms. The van der Waals surface area contributed by atoms with Crippen molar-refractivity contribution >= 4 is 34.2 Å². The van der Waals surface area contributed by atoms with Crippen molar-refractivity contribution in [1.29, 1.82) is 0 Å². The smallest absolute Gasteiger partial charge is 0.257 e. The maximum Gasteiger partial charge on any atom is 0.257 e. The molecule has 1 aromatic rings. The highest BCUT2D eigenvalue weighted by molar-refractivity contribution is 9.10. The molecule has 1 heterocycles. The van der Waals surface area contributed by atoms with E-state index in [4.69, 9.17) is 0 Å². The third-order valence-corrected chi connectivity index (χ3v) is 3.65. The molecular weight excluding hydrogens is 354 g/mol. The van der Waals surface area contributed by atoms with Gasteiger partial charge in [-0.3, -0.25) is 4.79 Å². The summed E-state index contributed by atoms with van der Waals surface area (Å²) in [5, 5.41) is 5.94. The van der Waals surface area contributed by atoms with Crippen LogP contribution in [0.15, 0.2) is 16.6 Å². The van der Waals surface area contributed by atoms with Gasteiger partial charge in [0, 0.05) is 16.6 Å². The first-order valence-electron chi connectivity index (χ1n) is 6.16. The van der Waals surface area contributed by atoms with Gasteiger partial charge in [0.2, 0.25) is 0 Å². The second-order valence-electron chi connectivity index (χ2n) is 4.79. The Balaban J connectivity index is 0.00000200. The van der Waals surface area contributed by atoms with Crippen LogP contribution in [0.25, 0.3) is 0 Å². The maximum atomic E-state index is 13.6. The predicted molar refractivity (Wildman–Crippen MR) is 79.3 cm³/mol. The monoisotopic (exact) mass is 368 g/mol. The van der Waals surface area contributed by atoms with E-state index in [2.05, 4.69) is 26.6 Å². The number of hydrogen-bond acceptors (Lipinski definition) is 2. The third-order valence-electron chi connectivity index (χ3n) is 3.19. The highest BCUT2D eigenvalue weighted by Crippen LogP contribution is 2.20. The molecule has 0 aliphatic carbocycles. The number of piperidine rings is 1. The lowest BCUT2D eigenvalue weighted by molar-refractivity contribution is 0.0917. The summed E-state index contributed by atoms with van der Waals surface area (Å²) < 4.78 is 27.6. The number of carbonyl (C=O) groups is 1. The topological polar surface area (TPSA) is 41.1 Å². The molecule has 2 atom stereocenters. The molecule has 0 spiro atoms. The minimum Gasteiger partial charge on any atom is -0.349 e. The summed E-state index contributed by atoms with van der Waals surface area (Å²) >= 11 is 2.98. The van der Waals surface area contributed by atoms with Crippen LogP contribution in [0.2, 0.25) is 0 Å². The molecule has 1 amide bonds. The fourth-order valence-electron chi connectivity index (χ4n) is 2.28. The number of amides is 1. The first-order chi connectivity index (χ1) is 8.97. The maximum absolute atomic E-state index is 13.6. The number of benzene rings is 1. The number of hydrogen-bond donors (Lipinski definition) is 2. The van der Waals surface area contributed by atoms with Gasteiger partial charge in [-0.25, -0.2) is 8.78 Å². The van der Waals surface area contributed by atoms with Crippen molar-refractivity contribution in [3.05, 3.63) is 33.8 Å². The standard InChI is InChI=1S/C13H15BrF2N2O.ClH/c1-7-4-9(2-3-17-7)18-13(19)12-10(15)5-8(14)6-11(12)16;/h5-7,9,17H,2-4H2,1H3,(H,18,19);1H. The van der Waals surface area contributed by atoms with Gasteiger partial charge in [0.05, 0.1) is 0 Å². The van der Waals surface area contributed by atoms with Crippen molar-refractivity contribution < 1.29 is 13.6 Å². The normalized spacial score (nSPS) is 22.0. The molecule has 0 radical (unpaired) electrons. The average molecular weight is 370 g/mol. The van der Waals surface area contributed by atoms with Gasteiger partial charge in [-0.1, -0.05) is 15.9 Å². The van der Waals surface area contributed by atoms with Crippen LogP contribution in [0.4, 0.5) is 8.78 Å². The van der Waals surface area contributed by atoms with Crippen molar-refractivity contribution in [2.24, 2.45) is 0 Å². The minimum absolute atomic E-state index is 0. The van der Waals surface area contributed by atoms with E-state index in [-0.39, 0.29) is 22.9 Å². The Morgan fingerprint density at radius 3 is 2.55 bits per heavy atom. The second-order valence-corrected chi connectivity index (χ2v) is 5.71. The Kier molecular flexibility index (Phi) is 6.36. The lowest BCUT2D eigenvalue weighted by atomic mass is 10.00. The molecule has 1 saturated heterocycles. The van der Waals surface area contributed by atoms with Crippen molar-refractivity contribution in [1.82, 2.24) is 10.6 Å². The quantitative estimate of drug-likeness (QED) is 0.841.